The van der Waals surface area contributed by atoms with Crippen molar-refractivity contribution < 1.29 is 8.42 Å². The van der Waals surface area contributed by atoms with Crippen LogP contribution in [-0.4, -0.2) is 25.5 Å². The topological polar surface area (TPSA) is 46.2 Å². The van der Waals surface area contributed by atoms with Crippen LogP contribution in [0.4, 0.5) is 0 Å². The third-order valence-corrected chi connectivity index (χ3v) is 5.77. The van der Waals surface area contributed by atoms with Gasteiger partial charge >= 0.3 is 0 Å². The second-order valence-corrected chi connectivity index (χ2v) is 8.34. The molecule has 0 bridgehead atoms. The Morgan fingerprint density at radius 2 is 1.89 bits per heavy atom. The van der Waals surface area contributed by atoms with Crippen LogP contribution in [0.1, 0.15) is 44.2 Å². The molecular weight excluding hydrogens is 258 g/mol. The van der Waals surface area contributed by atoms with Gasteiger partial charge in [0.05, 0.1) is 11.5 Å². The second-order valence-electron chi connectivity index (χ2n) is 6.15. The Morgan fingerprint density at radius 3 is 2.37 bits per heavy atom. The standard InChI is InChI=1S/C15H23NO2S/c1-12(2)14-6-4-13(5-7-14)10-16-15(3)8-9-19(17,18)11-15/h4-7,12,16H,8-11H2,1-3H3. The summed E-state index contributed by atoms with van der Waals surface area (Å²) in [6.07, 6.45) is 0.708. The summed E-state index contributed by atoms with van der Waals surface area (Å²) in [6.45, 7) is 7.08. The minimum Gasteiger partial charge on any atom is -0.306 e. The fourth-order valence-electron chi connectivity index (χ4n) is 2.49. The zero-order valence-corrected chi connectivity index (χ0v) is 12.8. The Labute approximate surface area is 116 Å². The summed E-state index contributed by atoms with van der Waals surface area (Å²) in [7, 11) is -2.84. The Kier molecular flexibility index (Phi) is 4.02. The highest BCUT2D eigenvalue weighted by atomic mass is 32.2. The van der Waals surface area contributed by atoms with Crippen LogP contribution in [0.2, 0.25) is 0 Å². The van der Waals surface area contributed by atoms with Crippen LogP contribution in [0.3, 0.4) is 0 Å². The van der Waals surface area contributed by atoms with Gasteiger partial charge in [-0.2, -0.15) is 0 Å². The minimum absolute atomic E-state index is 0.254. The van der Waals surface area contributed by atoms with Gasteiger partial charge in [-0.15, -0.1) is 0 Å². The predicted octanol–water partition coefficient (Wildman–Crippen LogP) is 2.48. The first kappa shape index (κ1) is 14.5. The van der Waals surface area contributed by atoms with Crippen molar-refractivity contribution in [2.24, 2.45) is 0 Å². The Bertz CT molecular complexity index is 534. The minimum atomic E-state index is -2.84. The average Bonchev–Trinajstić information content (AvgIpc) is 2.62. The van der Waals surface area contributed by atoms with E-state index < -0.39 is 9.84 Å². The van der Waals surface area contributed by atoms with Gasteiger partial charge in [0.2, 0.25) is 0 Å². The molecule has 1 aliphatic heterocycles. The smallest absolute Gasteiger partial charge is 0.152 e. The largest absolute Gasteiger partial charge is 0.306 e. The normalized spacial score (nSPS) is 25.9. The van der Waals surface area contributed by atoms with Crippen molar-refractivity contribution in [3.8, 4) is 0 Å². The first-order valence-corrected chi connectivity index (χ1v) is 8.66. The lowest BCUT2D eigenvalue weighted by Gasteiger charge is -2.24. The maximum atomic E-state index is 11.5. The van der Waals surface area contributed by atoms with Gasteiger partial charge < -0.3 is 5.32 Å². The van der Waals surface area contributed by atoms with Crippen LogP contribution >= 0.6 is 0 Å². The molecule has 1 unspecified atom stereocenters. The maximum Gasteiger partial charge on any atom is 0.152 e. The fourth-order valence-corrected chi connectivity index (χ4v) is 4.61. The molecule has 1 aromatic carbocycles. The van der Waals surface area contributed by atoms with E-state index in [1.807, 2.05) is 6.92 Å². The molecule has 1 N–H and O–H groups in total. The first-order valence-electron chi connectivity index (χ1n) is 6.84. The maximum absolute atomic E-state index is 11.5. The number of sulfone groups is 1. The van der Waals surface area contributed by atoms with Crippen LogP contribution < -0.4 is 5.32 Å². The Hall–Kier alpha value is -0.870. The molecule has 0 aliphatic carbocycles. The zero-order chi connectivity index (χ0) is 14.1. The Morgan fingerprint density at radius 1 is 1.26 bits per heavy atom. The molecule has 0 spiro atoms. The zero-order valence-electron chi connectivity index (χ0n) is 11.9. The van der Waals surface area contributed by atoms with Crippen LogP contribution in [-0.2, 0) is 16.4 Å². The summed E-state index contributed by atoms with van der Waals surface area (Å²) in [5.41, 5.74) is 2.27. The third-order valence-electron chi connectivity index (χ3n) is 3.87. The summed E-state index contributed by atoms with van der Waals surface area (Å²) in [4.78, 5) is 0. The third kappa shape index (κ3) is 3.80. The van der Waals surface area contributed by atoms with Crippen LogP contribution in [0.5, 0.6) is 0 Å². The second kappa shape index (κ2) is 5.25. The molecular formula is C15H23NO2S. The number of rotatable bonds is 4. The summed E-state index contributed by atoms with van der Waals surface area (Å²) < 4.78 is 23.1. The molecule has 1 atom stereocenters. The van der Waals surface area contributed by atoms with Crippen molar-refractivity contribution in [2.75, 3.05) is 11.5 Å². The van der Waals surface area contributed by atoms with E-state index in [9.17, 15) is 8.42 Å². The van der Waals surface area contributed by atoms with Crippen molar-refractivity contribution in [2.45, 2.75) is 45.2 Å². The van der Waals surface area contributed by atoms with E-state index >= 15 is 0 Å². The van der Waals surface area contributed by atoms with Crippen LogP contribution in [0, 0.1) is 0 Å². The van der Waals surface area contributed by atoms with E-state index in [1.54, 1.807) is 0 Å². The van der Waals surface area contributed by atoms with E-state index in [0.29, 0.717) is 18.1 Å². The van der Waals surface area contributed by atoms with Gasteiger partial charge in [0.15, 0.2) is 9.84 Å². The van der Waals surface area contributed by atoms with Gasteiger partial charge in [-0.1, -0.05) is 38.1 Å². The molecule has 1 saturated heterocycles. The summed E-state index contributed by atoms with van der Waals surface area (Å²) in [5, 5.41) is 3.40. The number of hydrogen-bond donors (Lipinski definition) is 1. The molecule has 4 heteroatoms. The highest BCUT2D eigenvalue weighted by Crippen LogP contribution is 2.23. The van der Waals surface area contributed by atoms with Crippen LogP contribution in [0.25, 0.3) is 0 Å². The molecule has 1 aromatic rings. The fraction of sp³-hybridized carbons (Fsp3) is 0.600. The molecule has 19 heavy (non-hydrogen) atoms. The SMILES string of the molecule is CC(C)c1ccc(CNC2(C)CCS(=O)(=O)C2)cc1. The molecule has 1 heterocycles. The highest BCUT2D eigenvalue weighted by Gasteiger charge is 2.37. The van der Waals surface area contributed by atoms with E-state index in [-0.39, 0.29) is 11.3 Å². The van der Waals surface area contributed by atoms with Gasteiger partial charge in [-0.25, -0.2) is 8.42 Å². The van der Waals surface area contributed by atoms with Gasteiger partial charge in [-0.05, 0) is 30.4 Å². The van der Waals surface area contributed by atoms with Crippen molar-refractivity contribution in [1.82, 2.24) is 5.32 Å². The van der Waals surface area contributed by atoms with Gasteiger partial charge in [0, 0.05) is 12.1 Å². The van der Waals surface area contributed by atoms with E-state index in [2.05, 4.69) is 43.4 Å². The Balaban J connectivity index is 1.96. The van der Waals surface area contributed by atoms with Crippen molar-refractivity contribution in [3.05, 3.63) is 35.4 Å². The first-order chi connectivity index (χ1) is 8.80. The predicted molar refractivity (Wildman–Crippen MR) is 79.0 cm³/mol. The van der Waals surface area contributed by atoms with Crippen molar-refractivity contribution in [1.29, 1.82) is 0 Å². The summed E-state index contributed by atoms with van der Waals surface area (Å²) >= 11 is 0. The summed E-state index contributed by atoms with van der Waals surface area (Å²) in [5.74, 6) is 1.10. The number of benzene rings is 1. The monoisotopic (exact) mass is 281 g/mol. The van der Waals surface area contributed by atoms with E-state index in [0.717, 1.165) is 6.54 Å². The average molecular weight is 281 g/mol. The molecule has 0 aromatic heterocycles. The highest BCUT2D eigenvalue weighted by molar-refractivity contribution is 7.91. The molecule has 106 valence electrons. The molecule has 2 rings (SSSR count). The molecule has 3 nitrogen and oxygen atoms in total. The quantitative estimate of drug-likeness (QED) is 0.922. The van der Waals surface area contributed by atoms with Crippen molar-refractivity contribution >= 4 is 9.84 Å². The van der Waals surface area contributed by atoms with E-state index in [4.69, 9.17) is 0 Å². The number of hydrogen-bond acceptors (Lipinski definition) is 3. The van der Waals surface area contributed by atoms with Gasteiger partial charge in [0.1, 0.15) is 0 Å². The lowest BCUT2D eigenvalue weighted by atomic mass is 10.00. The van der Waals surface area contributed by atoms with Crippen LogP contribution in [0.15, 0.2) is 24.3 Å². The molecule has 0 radical (unpaired) electrons. The van der Waals surface area contributed by atoms with E-state index in [1.165, 1.54) is 11.1 Å². The molecule has 0 amide bonds. The lowest BCUT2D eigenvalue weighted by Crippen LogP contribution is -2.42. The van der Waals surface area contributed by atoms with Gasteiger partial charge in [0.25, 0.3) is 0 Å². The molecule has 1 aliphatic rings. The number of nitrogens with one attached hydrogen (secondary N) is 1. The lowest BCUT2D eigenvalue weighted by molar-refractivity contribution is 0.395. The van der Waals surface area contributed by atoms with Crippen molar-refractivity contribution in [3.63, 3.8) is 0 Å². The molecule has 1 fully saturated rings. The summed E-state index contributed by atoms with van der Waals surface area (Å²) in [6, 6.07) is 8.54. The van der Waals surface area contributed by atoms with Gasteiger partial charge in [-0.3, -0.25) is 0 Å². The molecule has 0 saturated carbocycles.